The normalized spacial score (nSPS) is 13.2. The Kier molecular flexibility index (Phi) is 6.13. The van der Waals surface area contributed by atoms with E-state index >= 15 is 0 Å². The van der Waals surface area contributed by atoms with E-state index in [1.54, 1.807) is 37.3 Å². The van der Waals surface area contributed by atoms with Crippen LogP contribution in [0.5, 0.6) is 0 Å². The van der Waals surface area contributed by atoms with E-state index in [9.17, 15) is 9.18 Å². The first kappa shape index (κ1) is 19.4. The summed E-state index contributed by atoms with van der Waals surface area (Å²) in [6.07, 6.45) is 0. The smallest absolute Gasteiger partial charge is 0.277 e. The van der Waals surface area contributed by atoms with Gasteiger partial charge in [0.1, 0.15) is 5.82 Å². The van der Waals surface area contributed by atoms with Crippen LogP contribution in [0.25, 0.3) is 11.5 Å². The van der Waals surface area contributed by atoms with Crippen molar-refractivity contribution in [1.29, 1.82) is 0 Å². The Labute approximate surface area is 165 Å². The average Bonchev–Trinajstić information content (AvgIpc) is 3.10. The second-order valence-electron chi connectivity index (χ2n) is 5.93. The molecule has 0 aliphatic carbocycles. The van der Waals surface area contributed by atoms with Gasteiger partial charge in [0.25, 0.3) is 5.22 Å². The van der Waals surface area contributed by atoms with Gasteiger partial charge >= 0.3 is 0 Å². The van der Waals surface area contributed by atoms with Gasteiger partial charge in [0, 0.05) is 10.6 Å². The van der Waals surface area contributed by atoms with Crippen molar-refractivity contribution >= 4 is 29.3 Å². The summed E-state index contributed by atoms with van der Waals surface area (Å²) < 4.78 is 18.6. The van der Waals surface area contributed by atoms with Gasteiger partial charge in [0.2, 0.25) is 11.8 Å². The van der Waals surface area contributed by atoms with Gasteiger partial charge < -0.3 is 9.73 Å². The van der Waals surface area contributed by atoms with Crippen LogP contribution >= 0.6 is 23.4 Å². The van der Waals surface area contributed by atoms with Crippen molar-refractivity contribution in [3.63, 3.8) is 0 Å². The molecule has 8 heteroatoms. The van der Waals surface area contributed by atoms with Gasteiger partial charge in [-0.05, 0) is 49.7 Å². The maximum Gasteiger partial charge on any atom is 0.277 e. The highest BCUT2D eigenvalue weighted by Gasteiger charge is 2.20. The Morgan fingerprint density at radius 1 is 1.19 bits per heavy atom. The monoisotopic (exact) mass is 405 g/mol. The van der Waals surface area contributed by atoms with E-state index < -0.39 is 5.25 Å². The molecule has 0 unspecified atom stereocenters. The summed E-state index contributed by atoms with van der Waals surface area (Å²) in [6.45, 7) is 3.59. The molecule has 0 aliphatic rings. The molecular formula is C19H17ClFN3O2S. The molecule has 140 valence electrons. The highest BCUT2D eigenvalue weighted by Crippen LogP contribution is 2.27. The minimum absolute atomic E-state index is 0.181. The Morgan fingerprint density at radius 3 is 2.63 bits per heavy atom. The van der Waals surface area contributed by atoms with E-state index in [0.29, 0.717) is 21.7 Å². The van der Waals surface area contributed by atoms with Crippen molar-refractivity contribution < 1.29 is 13.6 Å². The lowest BCUT2D eigenvalue weighted by atomic mass is 10.1. The lowest BCUT2D eigenvalue weighted by Crippen LogP contribution is -2.33. The van der Waals surface area contributed by atoms with E-state index in [2.05, 4.69) is 15.5 Å². The highest BCUT2D eigenvalue weighted by molar-refractivity contribution is 8.00. The third kappa shape index (κ3) is 5.08. The number of rotatable bonds is 6. The summed E-state index contributed by atoms with van der Waals surface area (Å²) in [5.74, 6) is -0.153. The summed E-state index contributed by atoms with van der Waals surface area (Å²) in [5.41, 5.74) is 1.53. The van der Waals surface area contributed by atoms with Crippen LogP contribution in [0.4, 0.5) is 4.39 Å². The van der Waals surface area contributed by atoms with Crippen LogP contribution in [0.2, 0.25) is 5.02 Å². The Morgan fingerprint density at radius 2 is 1.93 bits per heavy atom. The number of benzene rings is 2. The number of hydrogen-bond donors (Lipinski definition) is 1. The second-order valence-corrected chi connectivity index (χ2v) is 7.65. The zero-order valence-electron chi connectivity index (χ0n) is 14.6. The van der Waals surface area contributed by atoms with Crippen LogP contribution in [0.3, 0.4) is 0 Å². The number of carbonyl (C=O) groups excluding carboxylic acids is 1. The quantitative estimate of drug-likeness (QED) is 0.591. The first-order chi connectivity index (χ1) is 12.9. The Bertz CT molecular complexity index is 933. The molecule has 0 bridgehead atoms. The lowest BCUT2D eigenvalue weighted by Gasteiger charge is -2.16. The number of hydrogen-bond acceptors (Lipinski definition) is 5. The number of aromatic nitrogens is 2. The standard InChI is InChI=1S/C19H17ClFN3O2S/c1-11(13-6-8-16(21)9-7-13)22-17(25)12(2)27-19-24-23-18(26-19)14-4-3-5-15(20)10-14/h3-12H,1-2H3,(H,22,25)/t11-,12-/m0/s1. The van der Waals surface area contributed by atoms with Crippen LogP contribution in [0.15, 0.2) is 58.2 Å². The Hall–Kier alpha value is -2.38. The summed E-state index contributed by atoms with van der Waals surface area (Å²) in [6, 6.07) is 12.9. The zero-order chi connectivity index (χ0) is 19.4. The molecule has 2 atom stereocenters. The molecule has 1 heterocycles. The summed E-state index contributed by atoms with van der Waals surface area (Å²) in [7, 11) is 0. The predicted octanol–water partition coefficient (Wildman–Crippen LogP) is 4.89. The van der Waals surface area contributed by atoms with Gasteiger partial charge in [0.15, 0.2) is 0 Å². The molecular weight excluding hydrogens is 389 g/mol. The lowest BCUT2D eigenvalue weighted by molar-refractivity contribution is -0.120. The van der Waals surface area contributed by atoms with Crippen LogP contribution in [0, 0.1) is 5.82 Å². The molecule has 0 radical (unpaired) electrons. The first-order valence-electron chi connectivity index (χ1n) is 8.24. The molecule has 1 aromatic heterocycles. The summed E-state index contributed by atoms with van der Waals surface area (Å²) in [4.78, 5) is 12.4. The molecule has 2 aromatic carbocycles. The third-order valence-electron chi connectivity index (χ3n) is 3.85. The van der Waals surface area contributed by atoms with E-state index in [0.717, 1.165) is 5.56 Å². The number of nitrogens with zero attached hydrogens (tertiary/aromatic N) is 2. The van der Waals surface area contributed by atoms with Crippen molar-refractivity contribution in [2.75, 3.05) is 0 Å². The molecule has 1 N–H and O–H groups in total. The van der Waals surface area contributed by atoms with Crippen molar-refractivity contribution in [1.82, 2.24) is 15.5 Å². The van der Waals surface area contributed by atoms with E-state index in [4.69, 9.17) is 16.0 Å². The average molecular weight is 406 g/mol. The highest BCUT2D eigenvalue weighted by atomic mass is 35.5. The zero-order valence-corrected chi connectivity index (χ0v) is 16.2. The fourth-order valence-electron chi connectivity index (χ4n) is 2.37. The van der Waals surface area contributed by atoms with Gasteiger partial charge in [-0.15, -0.1) is 10.2 Å². The van der Waals surface area contributed by atoms with Gasteiger partial charge in [-0.3, -0.25) is 4.79 Å². The maximum atomic E-state index is 13.0. The Balaban J connectivity index is 1.60. The van der Waals surface area contributed by atoms with Crippen molar-refractivity contribution in [3.8, 4) is 11.5 Å². The molecule has 0 fully saturated rings. The second kappa shape index (κ2) is 8.54. The summed E-state index contributed by atoms with van der Waals surface area (Å²) in [5, 5.41) is 11.3. The van der Waals surface area contributed by atoms with Gasteiger partial charge in [-0.1, -0.05) is 41.6 Å². The number of carbonyl (C=O) groups is 1. The molecule has 27 heavy (non-hydrogen) atoms. The van der Waals surface area contributed by atoms with E-state index in [1.165, 1.54) is 23.9 Å². The minimum atomic E-state index is -0.444. The van der Waals surface area contributed by atoms with Crippen LogP contribution in [-0.4, -0.2) is 21.4 Å². The maximum absolute atomic E-state index is 13.0. The molecule has 0 aliphatic heterocycles. The van der Waals surface area contributed by atoms with Crippen molar-refractivity contribution in [2.24, 2.45) is 0 Å². The molecule has 3 aromatic rings. The fourth-order valence-corrected chi connectivity index (χ4v) is 3.25. The summed E-state index contributed by atoms with van der Waals surface area (Å²) >= 11 is 7.13. The SMILES string of the molecule is C[C@H](Sc1nnc(-c2cccc(Cl)c2)o1)C(=O)N[C@@H](C)c1ccc(F)cc1. The minimum Gasteiger partial charge on any atom is -0.411 e. The molecule has 1 amide bonds. The van der Waals surface area contributed by atoms with Crippen molar-refractivity contribution in [3.05, 3.63) is 64.9 Å². The molecule has 5 nitrogen and oxygen atoms in total. The van der Waals surface area contributed by atoms with E-state index in [-0.39, 0.29) is 17.8 Å². The predicted molar refractivity (Wildman–Crippen MR) is 103 cm³/mol. The molecule has 0 saturated heterocycles. The fraction of sp³-hybridized carbons (Fsp3) is 0.211. The van der Waals surface area contributed by atoms with Gasteiger partial charge in [-0.2, -0.15) is 0 Å². The van der Waals surface area contributed by atoms with Crippen LogP contribution in [-0.2, 0) is 4.79 Å². The number of thioether (sulfide) groups is 1. The number of nitrogens with one attached hydrogen (secondary N) is 1. The van der Waals surface area contributed by atoms with Gasteiger partial charge in [0.05, 0.1) is 11.3 Å². The van der Waals surface area contributed by atoms with Gasteiger partial charge in [-0.25, -0.2) is 4.39 Å². The third-order valence-corrected chi connectivity index (χ3v) is 5.02. The topological polar surface area (TPSA) is 68.0 Å². The van der Waals surface area contributed by atoms with Crippen LogP contribution in [0.1, 0.15) is 25.5 Å². The number of halogens is 2. The molecule has 0 saturated carbocycles. The molecule has 0 spiro atoms. The van der Waals surface area contributed by atoms with Crippen LogP contribution < -0.4 is 5.32 Å². The van der Waals surface area contributed by atoms with E-state index in [1.807, 2.05) is 13.0 Å². The number of amides is 1. The van der Waals surface area contributed by atoms with Crippen molar-refractivity contribution in [2.45, 2.75) is 30.4 Å². The molecule has 3 rings (SSSR count). The first-order valence-corrected chi connectivity index (χ1v) is 9.50. The largest absolute Gasteiger partial charge is 0.411 e.